The Morgan fingerprint density at radius 1 is 1.37 bits per heavy atom. The lowest BCUT2D eigenvalue weighted by Gasteiger charge is -2.11. The summed E-state index contributed by atoms with van der Waals surface area (Å²) in [5.41, 5.74) is 7.89. The van der Waals surface area contributed by atoms with Gasteiger partial charge in [-0.1, -0.05) is 16.9 Å². The van der Waals surface area contributed by atoms with Crippen molar-refractivity contribution in [3.8, 4) is 0 Å². The van der Waals surface area contributed by atoms with Crippen LogP contribution in [0.1, 0.15) is 17.0 Å². The normalized spacial score (nSPS) is 11.6. The quantitative estimate of drug-likeness (QED) is 0.383. The molecule has 6 nitrogen and oxygen atoms in total. The van der Waals surface area contributed by atoms with Crippen LogP contribution in [0.15, 0.2) is 39.7 Å². The highest BCUT2D eigenvalue weighted by Crippen LogP contribution is 2.30. The van der Waals surface area contributed by atoms with Gasteiger partial charge in [0.25, 0.3) is 0 Å². The largest absolute Gasteiger partial charge is 0.409 e. The van der Waals surface area contributed by atoms with Gasteiger partial charge in [0.05, 0.1) is 11.8 Å². The molecule has 0 spiro atoms. The summed E-state index contributed by atoms with van der Waals surface area (Å²) in [4.78, 5) is 13.4. The van der Waals surface area contributed by atoms with Crippen molar-refractivity contribution in [3.05, 3.63) is 41.6 Å². The lowest BCUT2D eigenvalue weighted by molar-refractivity contribution is 0.318. The number of nitrogens with zero attached hydrogens (tertiary/aromatic N) is 4. The maximum Gasteiger partial charge on any atom is 0.173 e. The third kappa shape index (κ3) is 3.00. The number of hydrogen-bond acceptors (Lipinski definition) is 6. The Labute approximate surface area is 114 Å². The molecule has 0 atom stereocenters. The fourth-order valence-electron chi connectivity index (χ4n) is 1.69. The summed E-state index contributed by atoms with van der Waals surface area (Å²) in [6.07, 6.45) is 4.88. The first-order valence-electron chi connectivity index (χ1n) is 5.52. The predicted molar refractivity (Wildman–Crippen MR) is 72.4 cm³/mol. The molecule has 0 saturated carbocycles. The molecule has 2 aromatic heterocycles. The average molecular weight is 275 g/mol. The van der Waals surface area contributed by atoms with Gasteiger partial charge in [0.1, 0.15) is 5.03 Å². The molecule has 0 amide bonds. The van der Waals surface area contributed by atoms with Gasteiger partial charge in [-0.05, 0) is 19.9 Å². The van der Waals surface area contributed by atoms with Crippen molar-refractivity contribution in [2.75, 3.05) is 0 Å². The van der Waals surface area contributed by atoms with Crippen LogP contribution in [0.2, 0.25) is 0 Å². The second-order valence-corrected chi connectivity index (χ2v) is 4.92. The summed E-state index contributed by atoms with van der Waals surface area (Å²) in [7, 11) is 0. The smallest absolute Gasteiger partial charge is 0.173 e. The van der Waals surface area contributed by atoms with Crippen molar-refractivity contribution < 1.29 is 5.21 Å². The molecule has 0 unspecified atom stereocenters. The molecule has 0 bridgehead atoms. The molecule has 3 N–H and O–H groups in total. The summed E-state index contributed by atoms with van der Waals surface area (Å²) < 4.78 is 0. The van der Waals surface area contributed by atoms with Crippen LogP contribution >= 0.6 is 11.8 Å². The molecule has 0 aromatic carbocycles. The van der Waals surface area contributed by atoms with Gasteiger partial charge < -0.3 is 10.9 Å². The highest BCUT2D eigenvalue weighted by atomic mass is 32.2. The Kier molecular flexibility index (Phi) is 3.96. The Balaban J connectivity index is 2.49. The van der Waals surface area contributed by atoms with Gasteiger partial charge in [-0.3, -0.25) is 9.97 Å². The van der Waals surface area contributed by atoms with Crippen LogP contribution < -0.4 is 5.73 Å². The summed E-state index contributed by atoms with van der Waals surface area (Å²) in [6, 6.07) is 1.87. The summed E-state index contributed by atoms with van der Waals surface area (Å²) >= 11 is 1.40. The van der Waals surface area contributed by atoms with E-state index in [0.29, 0.717) is 11.3 Å². The molecule has 19 heavy (non-hydrogen) atoms. The number of oxime groups is 1. The molecule has 2 rings (SSSR count). The number of hydrogen-bond donors (Lipinski definition) is 2. The fraction of sp³-hybridized carbons (Fsp3) is 0.167. The van der Waals surface area contributed by atoms with Crippen molar-refractivity contribution in [3.63, 3.8) is 0 Å². The van der Waals surface area contributed by atoms with Gasteiger partial charge in [-0.25, -0.2) is 4.98 Å². The van der Waals surface area contributed by atoms with Gasteiger partial charge in [-0.2, -0.15) is 0 Å². The highest BCUT2D eigenvalue weighted by Gasteiger charge is 2.14. The van der Waals surface area contributed by atoms with Crippen molar-refractivity contribution in [2.45, 2.75) is 23.8 Å². The second kappa shape index (κ2) is 5.66. The van der Waals surface area contributed by atoms with Crippen LogP contribution in [-0.2, 0) is 0 Å². The van der Waals surface area contributed by atoms with Crippen molar-refractivity contribution in [2.24, 2.45) is 10.9 Å². The highest BCUT2D eigenvalue weighted by molar-refractivity contribution is 7.99. The van der Waals surface area contributed by atoms with Crippen LogP contribution in [0.25, 0.3) is 0 Å². The summed E-state index contributed by atoms with van der Waals surface area (Å²) in [5.74, 6) is 0.0383. The Morgan fingerprint density at radius 3 is 2.79 bits per heavy atom. The van der Waals surface area contributed by atoms with E-state index in [9.17, 15) is 0 Å². The maximum absolute atomic E-state index is 8.87. The lowest BCUT2D eigenvalue weighted by atomic mass is 10.1. The molecular weight excluding hydrogens is 262 g/mol. The zero-order valence-electron chi connectivity index (χ0n) is 10.5. The first-order valence-corrected chi connectivity index (χ1v) is 6.33. The molecule has 2 aromatic rings. The van der Waals surface area contributed by atoms with E-state index >= 15 is 0 Å². The van der Waals surface area contributed by atoms with Gasteiger partial charge in [-0.15, -0.1) is 0 Å². The molecular formula is C12H13N5OS. The minimum atomic E-state index is 0.0383. The van der Waals surface area contributed by atoms with Crippen LogP contribution in [0, 0.1) is 13.8 Å². The van der Waals surface area contributed by atoms with Crippen LogP contribution in [0.5, 0.6) is 0 Å². The Hall–Kier alpha value is -2.15. The molecule has 0 aliphatic carbocycles. The standard InChI is InChI=1S/C12H13N5OS/c1-7-5-9(19-10-6-14-3-4-15-10)11(8(2)16-7)12(13)17-18/h3-6,18H,1-2H3,(H2,13,17). The molecule has 0 aliphatic rings. The van der Waals surface area contributed by atoms with E-state index in [1.54, 1.807) is 18.6 Å². The second-order valence-electron chi connectivity index (χ2n) is 3.85. The van der Waals surface area contributed by atoms with Crippen LogP contribution in [0.3, 0.4) is 0 Å². The molecule has 0 fully saturated rings. The predicted octanol–water partition coefficient (Wildman–Crippen LogP) is 1.73. The zero-order chi connectivity index (χ0) is 13.8. The number of aromatic nitrogens is 3. The molecule has 2 heterocycles. The zero-order valence-corrected chi connectivity index (χ0v) is 11.3. The Morgan fingerprint density at radius 2 is 2.16 bits per heavy atom. The first-order chi connectivity index (χ1) is 9.11. The van der Waals surface area contributed by atoms with E-state index in [0.717, 1.165) is 15.6 Å². The lowest BCUT2D eigenvalue weighted by Crippen LogP contribution is -2.17. The van der Waals surface area contributed by atoms with Crippen molar-refractivity contribution >= 4 is 17.6 Å². The number of aryl methyl sites for hydroxylation is 2. The molecule has 0 aliphatic heterocycles. The van der Waals surface area contributed by atoms with Crippen molar-refractivity contribution in [1.29, 1.82) is 0 Å². The van der Waals surface area contributed by atoms with E-state index < -0.39 is 0 Å². The molecule has 98 valence electrons. The van der Waals surface area contributed by atoms with E-state index in [1.807, 2.05) is 19.9 Å². The number of amidine groups is 1. The van der Waals surface area contributed by atoms with E-state index in [2.05, 4.69) is 20.1 Å². The minimum Gasteiger partial charge on any atom is -0.409 e. The number of pyridine rings is 1. The molecule has 0 saturated heterocycles. The average Bonchev–Trinajstić information content (AvgIpc) is 2.38. The van der Waals surface area contributed by atoms with Gasteiger partial charge in [0, 0.05) is 28.7 Å². The van der Waals surface area contributed by atoms with Crippen molar-refractivity contribution in [1.82, 2.24) is 15.0 Å². The first kappa shape index (κ1) is 13.3. The third-order valence-corrected chi connectivity index (χ3v) is 3.37. The van der Waals surface area contributed by atoms with Gasteiger partial charge >= 0.3 is 0 Å². The summed E-state index contributed by atoms with van der Waals surface area (Å²) in [6.45, 7) is 3.71. The maximum atomic E-state index is 8.87. The van der Waals surface area contributed by atoms with E-state index in [-0.39, 0.29) is 5.84 Å². The SMILES string of the molecule is Cc1cc(Sc2cnccn2)c(/C(N)=N/O)c(C)n1. The Bertz CT molecular complexity index is 615. The van der Waals surface area contributed by atoms with Gasteiger partial charge in [0.15, 0.2) is 5.84 Å². The monoisotopic (exact) mass is 275 g/mol. The molecule has 0 radical (unpaired) electrons. The van der Waals surface area contributed by atoms with E-state index in [1.165, 1.54) is 11.8 Å². The minimum absolute atomic E-state index is 0.0383. The third-order valence-electron chi connectivity index (χ3n) is 2.41. The van der Waals surface area contributed by atoms with Gasteiger partial charge in [0.2, 0.25) is 0 Å². The van der Waals surface area contributed by atoms with Crippen LogP contribution in [-0.4, -0.2) is 26.0 Å². The number of rotatable bonds is 3. The summed E-state index contributed by atoms with van der Waals surface area (Å²) in [5, 5.41) is 12.7. The van der Waals surface area contributed by atoms with Crippen LogP contribution in [0.4, 0.5) is 0 Å². The van der Waals surface area contributed by atoms with E-state index in [4.69, 9.17) is 10.9 Å². The number of nitrogens with two attached hydrogens (primary N) is 1. The topological polar surface area (TPSA) is 97.3 Å². The fourth-order valence-corrected chi connectivity index (χ4v) is 2.72. The molecule has 7 heteroatoms.